The van der Waals surface area contributed by atoms with Crippen LogP contribution in [-0.4, -0.2) is 17.7 Å². The summed E-state index contributed by atoms with van der Waals surface area (Å²) in [6.45, 7) is 8.11. The fourth-order valence-corrected chi connectivity index (χ4v) is 2.77. The topological polar surface area (TPSA) is 43.4 Å². The summed E-state index contributed by atoms with van der Waals surface area (Å²) in [4.78, 5) is 4.12. The van der Waals surface area contributed by atoms with Gasteiger partial charge in [-0.1, -0.05) is 6.07 Å². The number of ether oxygens (including phenoxy) is 2. The molecule has 2 aromatic rings. The molecule has 0 saturated heterocycles. The van der Waals surface area contributed by atoms with Gasteiger partial charge in [0.2, 0.25) is 0 Å². The fraction of sp³-hybridized carbons (Fsp3) is 0.389. The second-order valence-electron chi connectivity index (χ2n) is 5.47. The molecule has 2 rings (SSSR count). The van der Waals surface area contributed by atoms with Crippen LogP contribution in [0.3, 0.4) is 0 Å². The SMILES string of the molecule is CCOc1cc(CNCc2cccnc2)cc(Br)c1OC(C)C. The summed E-state index contributed by atoms with van der Waals surface area (Å²) < 4.78 is 12.5. The lowest BCUT2D eigenvalue weighted by Crippen LogP contribution is -2.13. The minimum atomic E-state index is 0.0973. The molecule has 4 nitrogen and oxygen atoms in total. The Kier molecular flexibility index (Phi) is 6.86. The van der Waals surface area contributed by atoms with Gasteiger partial charge in [0.1, 0.15) is 0 Å². The van der Waals surface area contributed by atoms with E-state index in [1.807, 2.05) is 39.1 Å². The van der Waals surface area contributed by atoms with Crippen LogP contribution in [0.5, 0.6) is 11.5 Å². The Morgan fingerprint density at radius 3 is 2.65 bits per heavy atom. The number of aromatic nitrogens is 1. The highest BCUT2D eigenvalue weighted by Gasteiger charge is 2.13. The number of rotatable bonds is 8. The molecular weight excluding hydrogens is 356 g/mol. The molecular formula is C18H23BrN2O2. The van der Waals surface area contributed by atoms with E-state index < -0.39 is 0 Å². The molecule has 1 heterocycles. The number of benzene rings is 1. The van der Waals surface area contributed by atoms with Crippen molar-refractivity contribution in [2.24, 2.45) is 0 Å². The minimum Gasteiger partial charge on any atom is -0.490 e. The molecule has 124 valence electrons. The van der Waals surface area contributed by atoms with Gasteiger partial charge in [-0.05, 0) is 66.0 Å². The van der Waals surface area contributed by atoms with Gasteiger partial charge in [0.25, 0.3) is 0 Å². The third-order valence-corrected chi connectivity index (χ3v) is 3.69. The molecule has 0 amide bonds. The van der Waals surface area contributed by atoms with Crippen molar-refractivity contribution in [2.75, 3.05) is 6.61 Å². The van der Waals surface area contributed by atoms with Crippen molar-refractivity contribution in [2.45, 2.75) is 40.0 Å². The molecule has 0 unspecified atom stereocenters. The highest BCUT2D eigenvalue weighted by Crippen LogP contribution is 2.37. The summed E-state index contributed by atoms with van der Waals surface area (Å²) in [5, 5.41) is 3.42. The van der Waals surface area contributed by atoms with E-state index >= 15 is 0 Å². The molecule has 1 N–H and O–H groups in total. The van der Waals surface area contributed by atoms with E-state index in [0.717, 1.165) is 40.2 Å². The monoisotopic (exact) mass is 378 g/mol. The van der Waals surface area contributed by atoms with Crippen LogP contribution in [0.4, 0.5) is 0 Å². The van der Waals surface area contributed by atoms with Gasteiger partial charge < -0.3 is 14.8 Å². The summed E-state index contributed by atoms with van der Waals surface area (Å²) in [5.41, 5.74) is 2.30. The van der Waals surface area contributed by atoms with Crippen LogP contribution < -0.4 is 14.8 Å². The molecule has 0 saturated carbocycles. The van der Waals surface area contributed by atoms with Gasteiger partial charge >= 0.3 is 0 Å². The van der Waals surface area contributed by atoms with Crippen molar-refractivity contribution in [3.8, 4) is 11.5 Å². The largest absolute Gasteiger partial charge is 0.490 e. The number of nitrogens with zero attached hydrogens (tertiary/aromatic N) is 1. The molecule has 1 aromatic heterocycles. The van der Waals surface area contributed by atoms with Crippen molar-refractivity contribution in [1.82, 2.24) is 10.3 Å². The number of pyridine rings is 1. The Balaban J connectivity index is 2.06. The molecule has 0 aliphatic carbocycles. The molecule has 0 bridgehead atoms. The van der Waals surface area contributed by atoms with E-state index in [9.17, 15) is 0 Å². The van der Waals surface area contributed by atoms with E-state index in [2.05, 4.69) is 38.4 Å². The molecule has 0 aliphatic heterocycles. The van der Waals surface area contributed by atoms with Crippen LogP contribution in [0.15, 0.2) is 41.1 Å². The van der Waals surface area contributed by atoms with Crippen molar-refractivity contribution < 1.29 is 9.47 Å². The minimum absolute atomic E-state index is 0.0973. The molecule has 0 radical (unpaired) electrons. The van der Waals surface area contributed by atoms with Crippen LogP contribution in [0, 0.1) is 0 Å². The normalized spacial score (nSPS) is 10.8. The molecule has 5 heteroatoms. The summed E-state index contributed by atoms with van der Waals surface area (Å²) in [5.74, 6) is 1.53. The zero-order valence-electron chi connectivity index (χ0n) is 13.8. The van der Waals surface area contributed by atoms with E-state index in [4.69, 9.17) is 9.47 Å². The Hall–Kier alpha value is -1.59. The summed E-state index contributed by atoms with van der Waals surface area (Å²) >= 11 is 3.59. The number of hydrogen-bond acceptors (Lipinski definition) is 4. The second kappa shape index (κ2) is 8.89. The average molecular weight is 379 g/mol. The second-order valence-corrected chi connectivity index (χ2v) is 6.32. The maximum atomic E-state index is 5.86. The first-order chi connectivity index (χ1) is 11.1. The smallest absolute Gasteiger partial charge is 0.175 e. The van der Waals surface area contributed by atoms with E-state index in [-0.39, 0.29) is 6.10 Å². The van der Waals surface area contributed by atoms with Crippen LogP contribution in [0.2, 0.25) is 0 Å². The summed E-state index contributed by atoms with van der Waals surface area (Å²) in [6.07, 6.45) is 3.75. The first-order valence-corrected chi connectivity index (χ1v) is 8.61. The van der Waals surface area contributed by atoms with Gasteiger partial charge in [-0.2, -0.15) is 0 Å². The maximum Gasteiger partial charge on any atom is 0.175 e. The average Bonchev–Trinajstić information content (AvgIpc) is 2.52. The number of hydrogen-bond donors (Lipinski definition) is 1. The van der Waals surface area contributed by atoms with Crippen LogP contribution in [0.25, 0.3) is 0 Å². The van der Waals surface area contributed by atoms with Crippen molar-refractivity contribution in [3.05, 3.63) is 52.3 Å². The zero-order chi connectivity index (χ0) is 16.7. The van der Waals surface area contributed by atoms with Gasteiger partial charge in [0.05, 0.1) is 17.2 Å². The molecule has 0 fully saturated rings. The molecule has 23 heavy (non-hydrogen) atoms. The maximum absolute atomic E-state index is 5.86. The highest BCUT2D eigenvalue weighted by atomic mass is 79.9. The van der Waals surface area contributed by atoms with E-state index in [0.29, 0.717) is 6.61 Å². The summed E-state index contributed by atoms with van der Waals surface area (Å²) in [6, 6.07) is 8.10. The van der Waals surface area contributed by atoms with Gasteiger partial charge in [0.15, 0.2) is 11.5 Å². The molecule has 0 spiro atoms. The first kappa shape index (κ1) is 17.8. The van der Waals surface area contributed by atoms with Crippen LogP contribution in [-0.2, 0) is 13.1 Å². The molecule has 0 aliphatic rings. The van der Waals surface area contributed by atoms with Crippen molar-refractivity contribution in [3.63, 3.8) is 0 Å². The van der Waals surface area contributed by atoms with Gasteiger partial charge in [-0.25, -0.2) is 0 Å². The summed E-state index contributed by atoms with van der Waals surface area (Å²) in [7, 11) is 0. The van der Waals surface area contributed by atoms with Crippen LogP contribution >= 0.6 is 15.9 Å². The third-order valence-electron chi connectivity index (χ3n) is 3.10. The van der Waals surface area contributed by atoms with Crippen molar-refractivity contribution >= 4 is 15.9 Å². The third kappa shape index (κ3) is 5.52. The predicted molar refractivity (Wildman–Crippen MR) is 95.9 cm³/mol. The van der Waals surface area contributed by atoms with Gasteiger partial charge in [0, 0.05) is 25.5 Å². The lowest BCUT2D eigenvalue weighted by molar-refractivity contribution is 0.222. The van der Waals surface area contributed by atoms with Gasteiger partial charge in [-0.3, -0.25) is 4.98 Å². The Morgan fingerprint density at radius 2 is 2.00 bits per heavy atom. The van der Waals surface area contributed by atoms with E-state index in [1.54, 1.807) is 6.20 Å². The molecule has 1 aromatic carbocycles. The lowest BCUT2D eigenvalue weighted by Gasteiger charge is -2.17. The standard InChI is InChI=1S/C18H23BrN2O2/c1-4-22-17-9-15(8-16(19)18(17)23-13(2)3)12-21-11-14-6-5-7-20-10-14/h5-10,13,21H,4,11-12H2,1-3H3. The zero-order valence-corrected chi connectivity index (χ0v) is 15.4. The molecule has 0 atom stereocenters. The van der Waals surface area contributed by atoms with Crippen molar-refractivity contribution in [1.29, 1.82) is 0 Å². The van der Waals surface area contributed by atoms with Gasteiger partial charge in [-0.15, -0.1) is 0 Å². The predicted octanol–water partition coefficient (Wildman–Crippen LogP) is 4.32. The Labute approximate surface area is 146 Å². The highest BCUT2D eigenvalue weighted by molar-refractivity contribution is 9.10. The Morgan fingerprint density at radius 1 is 1.22 bits per heavy atom. The number of halogens is 1. The first-order valence-electron chi connectivity index (χ1n) is 7.81. The Bertz CT molecular complexity index is 618. The van der Waals surface area contributed by atoms with Crippen LogP contribution in [0.1, 0.15) is 31.9 Å². The lowest BCUT2D eigenvalue weighted by atomic mass is 10.2. The fourth-order valence-electron chi connectivity index (χ4n) is 2.19. The quantitative estimate of drug-likeness (QED) is 0.742. The van der Waals surface area contributed by atoms with E-state index in [1.165, 1.54) is 0 Å². The number of nitrogens with one attached hydrogen (secondary N) is 1.